The third-order valence-electron chi connectivity index (χ3n) is 0.948. The summed E-state index contributed by atoms with van der Waals surface area (Å²) in [6.07, 6.45) is 2.81. The lowest BCUT2D eigenvalue weighted by molar-refractivity contribution is -0.104. The number of rotatable bonds is 3. The summed E-state index contributed by atoms with van der Waals surface area (Å²) < 4.78 is 13.4. The van der Waals surface area contributed by atoms with Gasteiger partial charge in [0.15, 0.2) is 6.29 Å². The molecule has 1 nitrogen and oxygen atoms in total. The van der Waals surface area contributed by atoms with Crippen LogP contribution in [0.15, 0.2) is 34.6 Å². The Balaban J connectivity index is 4.76. The SMILES string of the molecule is C=C/C(C=O)=C(F)\C=C(/C)Br. The van der Waals surface area contributed by atoms with Gasteiger partial charge in [0, 0.05) is 5.57 Å². The van der Waals surface area contributed by atoms with Crippen LogP contribution in [0.2, 0.25) is 0 Å². The molecule has 0 N–H and O–H groups in total. The zero-order valence-electron chi connectivity index (χ0n) is 6.10. The third kappa shape index (κ3) is 3.88. The van der Waals surface area contributed by atoms with Crippen molar-refractivity contribution in [2.75, 3.05) is 0 Å². The van der Waals surface area contributed by atoms with Gasteiger partial charge in [0.2, 0.25) is 0 Å². The fourth-order valence-electron chi connectivity index (χ4n) is 0.460. The number of allylic oxidation sites excluding steroid dienone is 5. The Kier molecular flexibility index (Phi) is 4.70. The molecule has 0 saturated carbocycles. The minimum Gasteiger partial charge on any atom is -0.298 e. The van der Waals surface area contributed by atoms with Crippen LogP contribution in [0.5, 0.6) is 0 Å². The van der Waals surface area contributed by atoms with E-state index in [9.17, 15) is 9.18 Å². The first-order valence-corrected chi connectivity index (χ1v) is 3.72. The molecule has 0 atom stereocenters. The van der Waals surface area contributed by atoms with Gasteiger partial charge >= 0.3 is 0 Å². The molecule has 3 heteroatoms. The van der Waals surface area contributed by atoms with Gasteiger partial charge in [-0.25, -0.2) is 4.39 Å². The summed E-state index contributed by atoms with van der Waals surface area (Å²) in [4.78, 5) is 10.1. The average molecular weight is 219 g/mol. The van der Waals surface area contributed by atoms with Gasteiger partial charge in [-0.05, 0) is 17.5 Å². The highest BCUT2D eigenvalue weighted by molar-refractivity contribution is 9.11. The molecule has 0 aromatic heterocycles. The van der Waals surface area contributed by atoms with E-state index in [4.69, 9.17) is 0 Å². The molecule has 0 heterocycles. The standard InChI is InChI=1S/C8H8BrFO/c1-3-7(5-11)8(10)4-6(2)9/h3-5H,1H2,2H3/b6-4+,8-7-. The highest BCUT2D eigenvalue weighted by Crippen LogP contribution is 2.12. The maximum Gasteiger partial charge on any atom is 0.152 e. The lowest BCUT2D eigenvalue weighted by Crippen LogP contribution is -1.81. The van der Waals surface area contributed by atoms with Crippen LogP contribution in [0, 0.1) is 0 Å². The summed E-state index contributed by atoms with van der Waals surface area (Å²) in [5.41, 5.74) is -0.0381. The lowest BCUT2D eigenvalue weighted by atomic mass is 10.2. The molecule has 0 rings (SSSR count). The number of halogens is 2. The summed E-state index contributed by atoms with van der Waals surface area (Å²) in [7, 11) is 0. The summed E-state index contributed by atoms with van der Waals surface area (Å²) in [6.45, 7) is 4.96. The predicted molar refractivity (Wildman–Crippen MR) is 47.1 cm³/mol. The smallest absolute Gasteiger partial charge is 0.152 e. The number of carbonyl (C=O) groups is 1. The Bertz CT molecular complexity index is 214. The van der Waals surface area contributed by atoms with Gasteiger partial charge in [0.05, 0.1) is 0 Å². The van der Waals surface area contributed by atoms with E-state index in [0.29, 0.717) is 10.8 Å². The fourth-order valence-corrected chi connectivity index (χ4v) is 0.661. The second-order valence-electron chi connectivity index (χ2n) is 1.86. The van der Waals surface area contributed by atoms with E-state index in [-0.39, 0.29) is 5.57 Å². The first kappa shape index (κ1) is 10.3. The van der Waals surface area contributed by atoms with Crippen LogP contribution in [-0.4, -0.2) is 6.29 Å². The fraction of sp³-hybridized carbons (Fsp3) is 0.125. The van der Waals surface area contributed by atoms with Crippen LogP contribution in [0.4, 0.5) is 4.39 Å². The van der Waals surface area contributed by atoms with Gasteiger partial charge in [0.25, 0.3) is 0 Å². The van der Waals surface area contributed by atoms with Crippen molar-refractivity contribution in [2.24, 2.45) is 0 Å². The first-order chi connectivity index (χ1) is 5.11. The van der Waals surface area contributed by atoms with Crippen LogP contribution < -0.4 is 0 Å². The monoisotopic (exact) mass is 218 g/mol. The Labute approximate surface area is 73.4 Å². The molecule has 0 aromatic rings. The van der Waals surface area contributed by atoms with Gasteiger partial charge in [0.1, 0.15) is 5.83 Å². The van der Waals surface area contributed by atoms with Crippen molar-refractivity contribution in [3.8, 4) is 0 Å². The van der Waals surface area contributed by atoms with E-state index in [2.05, 4.69) is 22.5 Å². The van der Waals surface area contributed by atoms with Crippen LogP contribution in [0.3, 0.4) is 0 Å². The molecule has 60 valence electrons. The minimum atomic E-state index is -0.579. The summed E-state index contributed by atoms with van der Waals surface area (Å²) >= 11 is 3.04. The second kappa shape index (κ2) is 5.02. The van der Waals surface area contributed by atoms with Crippen LogP contribution in [0.25, 0.3) is 0 Å². The van der Waals surface area contributed by atoms with Crippen molar-refractivity contribution in [1.82, 2.24) is 0 Å². The highest BCUT2D eigenvalue weighted by Gasteiger charge is 1.97. The Morgan fingerprint density at radius 1 is 1.64 bits per heavy atom. The number of aldehydes is 1. The molecular weight excluding hydrogens is 211 g/mol. The molecule has 0 aliphatic carbocycles. The van der Waals surface area contributed by atoms with Crippen molar-refractivity contribution < 1.29 is 9.18 Å². The molecule has 0 amide bonds. The van der Waals surface area contributed by atoms with Crippen LogP contribution in [0.1, 0.15) is 6.92 Å². The normalized spacial score (nSPS) is 13.9. The van der Waals surface area contributed by atoms with Gasteiger partial charge < -0.3 is 0 Å². The molecular formula is C8H8BrFO. The van der Waals surface area contributed by atoms with Gasteiger partial charge in [-0.15, -0.1) is 0 Å². The maximum absolute atomic E-state index is 12.8. The minimum absolute atomic E-state index is 0.0381. The Morgan fingerprint density at radius 3 is 2.45 bits per heavy atom. The van der Waals surface area contributed by atoms with Crippen molar-refractivity contribution in [3.63, 3.8) is 0 Å². The molecule has 0 bridgehead atoms. The van der Waals surface area contributed by atoms with Crippen molar-refractivity contribution in [1.29, 1.82) is 0 Å². The van der Waals surface area contributed by atoms with Crippen molar-refractivity contribution in [3.05, 3.63) is 34.6 Å². The number of carbonyl (C=O) groups excluding carboxylic acids is 1. The third-order valence-corrected chi connectivity index (χ3v) is 1.18. The predicted octanol–water partition coefficient (Wildman–Crippen LogP) is 2.89. The van der Waals surface area contributed by atoms with Crippen LogP contribution in [-0.2, 0) is 4.79 Å². The molecule has 0 saturated heterocycles. The number of hydrogen-bond donors (Lipinski definition) is 0. The molecule has 0 fully saturated rings. The quantitative estimate of drug-likeness (QED) is 0.405. The first-order valence-electron chi connectivity index (χ1n) is 2.93. The van der Waals surface area contributed by atoms with Gasteiger partial charge in [-0.3, -0.25) is 4.79 Å². The Morgan fingerprint density at radius 2 is 2.18 bits per heavy atom. The maximum atomic E-state index is 12.8. The van der Waals surface area contributed by atoms with E-state index in [1.165, 1.54) is 12.2 Å². The molecule has 0 aromatic carbocycles. The topological polar surface area (TPSA) is 17.1 Å². The summed E-state index contributed by atoms with van der Waals surface area (Å²) in [6, 6.07) is 0. The van der Waals surface area contributed by atoms with Crippen LogP contribution >= 0.6 is 15.9 Å². The summed E-state index contributed by atoms with van der Waals surface area (Å²) in [5, 5.41) is 0. The molecule has 0 radical (unpaired) electrons. The molecule has 11 heavy (non-hydrogen) atoms. The van der Waals surface area contributed by atoms with E-state index < -0.39 is 5.83 Å². The van der Waals surface area contributed by atoms with Gasteiger partial charge in [-0.1, -0.05) is 28.6 Å². The summed E-state index contributed by atoms with van der Waals surface area (Å²) in [5.74, 6) is -0.579. The van der Waals surface area contributed by atoms with Crippen molar-refractivity contribution in [2.45, 2.75) is 6.92 Å². The van der Waals surface area contributed by atoms with Gasteiger partial charge in [-0.2, -0.15) is 0 Å². The Hall–Kier alpha value is -0.700. The largest absolute Gasteiger partial charge is 0.298 e. The number of hydrogen-bond acceptors (Lipinski definition) is 1. The average Bonchev–Trinajstić information content (AvgIpc) is 1.88. The van der Waals surface area contributed by atoms with E-state index in [1.807, 2.05) is 0 Å². The molecule has 0 aliphatic heterocycles. The molecule has 0 spiro atoms. The van der Waals surface area contributed by atoms with E-state index >= 15 is 0 Å². The lowest BCUT2D eigenvalue weighted by Gasteiger charge is -1.90. The molecule has 0 unspecified atom stereocenters. The second-order valence-corrected chi connectivity index (χ2v) is 3.11. The van der Waals surface area contributed by atoms with E-state index in [1.54, 1.807) is 6.92 Å². The van der Waals surface area contributed by atoms with Crippen molar-refractivity contribution >= 4 is 22.2 Å². The zero-order valence-corrected chi connectivity index (χ0v) is 7.69. The molecule has 0 aliphatic rings. The van der Waals surface area contributed by atoms with E-state index in [0.717, 1.165) is 0 Å². The highest BCUT2D eigenvalue weighted by atomic mass is 79.9. The zero-order chi connectivity index (χ0) is 8.85.